The number of aryl methyl sites for hydroxylation is 1. The number of amides is 5. The van der Waals surface area contributed by atoms with E-state index < -0.39 is 35.3 Å². The first kappa shape index (κ1) is 37.4. The maximum atomic E-state index is 13.8. The number of fused-ring (bicyclic) bond motifs is 3. The minimum Gasteiger partial charge on any atom is -0.508 e. The van der Waals surface area contributed by atoms with Crippen LogP contribution in [-0.2, 0) is 38.6 Å². The van der Waals surface area contributed by atoms with Gasteiger partial charge >= 0.3 is 0 Å². The fraction of sp³-hybridized carbons (Fsp3) is 0.383. The van der Waals surface area contributed by atoms with Gasteiger partial charge in [0.2, 0.25) is 17.7 Å². The molecular weight excluding hydrogens is 747 g/mol. The van der Waals surface area contributed by atoms with E-state index in [-0.39, 0.29) is 42.3 Å². The number of carbonyl (C=O) groups excluding carboxylic acids is 5. The zero-order chi connectivity index (χ0) is 40.4. The summed E-state index contributed by atoms with van der Waals surface area (Å²) in [5, 5.41) is 12.5. The molecule has 1 aliphatic carbocycles. The number of phenolic OH excluding ortho intramolecular Hbond substituents is 1. The van der Waals surface area contributed by atoms with E-state index in [1.54, 1.807) is 12.1 Å². The molecule has 302 valence electrons. The Labute approximate surface area is 342 Å². The maximum Gasteiger partial charge on any atom is 0.262 e. The van der Waals surface area contributed by atoms with Crippen LogP contribution in [0.1, 0.15) is 98.0 Å². The molecule has 4 aromatic rings. The number of hydrogen-bond acceptors (Lipinski definition) is 9. The molecule has 59 heavy (non-hydrogen) atoms. The number of rotatable bonds is 6. The molecule has 0 radical (unpaired) electrons. The van der Waals surface area contributed by atoms with Gasteiger partial charge in [0.25, 0.3) is 11.8 Å². The molecule has 0 aromatic heterocycles. The van der Waals surface area contributed by atoms with Crippen molar-refractivity contribution in [2.75, 3.05) is 44.2 Å². The summed E-state index contributed by atoms with van der Waals surface area (Å²) in [6.07, 6.45) is 3.77. The van der Waals surface area contributed by atoms with Crippen LogP contribution in [0, 0.1) is 0 Å². The lowest BCUT2D eigenvalue weighted by Gasteiger charge is -2.48. The van der Waals surface area contributed by atoms with Crippen molar-refractivity contribution in [1.29, 1.82) is 0 Å². The maximum absolute atomic E-state index is 13.8. The van der Waals surface area contributed by atoms with Crippen molar-refractivity contribution < 1.29 is 33.8 Å². The summed E-state index contributed by atoms with van der Waals surface area (Å²) in [5.41, 5.74) is 8.21. The standard InChI is InChI=1S/C47H47N5O7/c53-35-11-13-37-31(22-35)8-12-36(29-4-2-1-3-5-29)43(37)30-6-9-34(10-7-30)50-18-16-47(17-19-50)28-51(20-21-59-47)42(55)27-49-25-32-23-38-39(24-33(32)26-49)46(58)52(45(38)57)40-14-15-41(54)48-44(40)56/h1-7,9-11,13,22-24,36,40,43,53H,8,12,14-21,25-28H2,(H,48,54,56)/t36-,40?,43+/m1/s1. The van der Waals surface area contributed by atoms with Gasteiger partial charge in [0, 0.05) is 57.3 Å². The second kappa shape index (κ2) is 14.8. The second-order valence-electron chi connectivity index (χ2n) is 17.1. The van der Waals surface area contributed by atoms with Crippen LogP contribution in [0.4, 0.5) is 5.69 Å². The molecule has 2 N–H and O–H groups in total. The van der Waals surface area contributed by atoms with E-state index in [9.17, 15) is 29.1 Å². The third-order valence-corrected chi connectivity index (χ3v) is 13.6. The van der Waals surface area contributed by atoms with E-state index in [0.717, 1.165) is 54.8 Å². The highest BCUT2D eigenvalue weighted by Crippen LogP contribution is 2.47. The Kier molecular flexibility index (Phi) is 9.36. The lowest BCUT2D eigenvalue weighted by molar-refractivity contribution is -0.155. The summed E-state index contributed by atoms with van der Waals surface area (Å²) >= 11 is 0. The Balaban J connectivity index is 0.763. The monoisotopic (exact) mass is 793 g/mol. The van der Waals surface area contributed by atoms with Gasteiger partial charge in [0.05, 0.1) is 29.9 Å². The number of piperidine rings is 2. The lowest BCUT2D eigenvalue weighted by atomic mass is 9.69. The largest absolute Gasteiger partial charge is 0.508 e. The number of hydrogen-bond donors (Lipinski definition) is 2. The average Bonchev–Trinajstić information content (AvgIpc) is 3.75. The van der Waals surface area contributed by atoms with Crippen molar-refractivity contribution in [3.05, 3.63) is 129 Å². The Morgan fingerprint density at radius 2 is 1.49 bits per heavy atom. The zero-order valence-electron chi connectivity index (χ0n) is 32.9. The molecule has 5 aliphatic heterocycles. The number of ether oxygens (including phenoxy) is 1. The Morgan fingerprint density at radius 1 is 0.780 bits per heavy atom. The summed E-state index contributed by atoms with van der Waals surface area (Å²) in [5.74, 6) is -1.19. The molecule has 0 saturated carbocycles. The lowest BCUT2D eigenvalue weighted by Crippen LogP contribution is -2.59. The molecule has 3 saturated heterocycles. The summed E-state index contributed by atoms with van der Waals surface area (Å²) in [4.78, 5) is 72.0. The van der Waals surface area contributed by atoms with E-state index in [2.05, 4.69) is 70.9 Å². The van der Waals surface area contributed by atoms with Crippen LogP contribution >= 0.6 is 0 Å². The van der Waals surface area contributed by atoms with Crippen molar-refractivity contribution in [3.63, 3.8) is 0 Å². The van der Waals surface area contributed by atoms with Gasteiger partial charge in [-0.05, 0) is 108 Å². The number of nitrogens with zero attached hydrogens (tertiary/aromatic N) is 4. The van der Waals surface area contributed by atoms with Crippen LogP contribution < -0.4 is 10.2 Å². The molecule has 10 rings (SSSR count). The highest BCUT2D eigenvalue weighted by molar-refractivity contribution is 6.23. The topological polar surface area (TPSA) is 140 Å². The molecule has 0 bridgehead atoms. The average molecular weight is 794 g/mol. The zero-order valence-corrected chi connectivity index (χ0v) is 32.9. The molecule has 5 amide bonds. The smallest absolute Gasteiger partial charge is 0.262 e. The van der Waals surface area contributed by atoms with Crippen LogP contribution in [0.15, 0.2) is 84.9 Å². The number of imide groups is 2. The van der Waals surface area contributed by atoms with Crippen molar-refractivity contribution in [2.45, 2.75) is 75.1 Å². The molecule has 3 fully saturated rings. The fourth-order valence-electron chi connectivity index (χ4n) is 10.5. The molecule has 4 aromatic carbocycles. The fourth-order valence-corrected chi connectivity index (χ4v) is 10.5. The van der Waals surface area contributed by atoms with Crippen LogP contribution in [0.25, 0.3) is 0 Å². The minimum absolute atomic E-state index is 0.0375. The first-order chi connectivity index (χ1) is 28.6. The first-order valence-corrected chi connectivity index (χ1v) is 20.9. The Hall–Kier alpha value is -5.85. The highest BCUT2D eigenvalue weighted by atomic mass is 16.5. The van der Waals surface area contributed by atoms with Gasteiger partial charge in [-0.3, -0.25) is 39.1 Å². The van der Waals surface area contributed by atoms with E-state index in [0.29, 0.717) is 44.5 Å². The van der Waals surface area contributed by atoms with E-state index in [4.69, 9.17) is 4.74 Å². The highest BCUT2D eigenvalue weighted by Gasteiger charge is 2.46. The molecular formula is C47H47N5O7. The van der Waals surface area contributed by atoms with E-state index >= 15 is 0 Å². The molecule has 5 heterocycles. The normalized spacial score (nSPS) is 23.9. The van der Waals surface area contributed by atoms with E-state index in [1.165, 1.54) is 27.9 Å². The molecule has 1 unspecified atom stereocenters. The van der Waals surface area contributed by atoms with Crippen molar-refractivity contribution in [3.8, 4) is 5.75 Å². The van der Waals surface area contributed by atoms with Gasteiger partial charge in [-0.2, -0.15) is 0 Å². The van der Waals surface area contributed by atoms with Crippen LogP contribution in [0.2, 0.25) is 0 Å². The summed E-state index contributed by atoms with van der Waals surface area (Å²) < 4.78 is 6.45. The van der Waals surface area contributed by atoms with E-state index in [1.807, 2.05) is 21.9 Å². The van der Waals surface area contributed by atoms with Gasteiger partial charge < -0.3 is 19.6 Å². The van der Waals surface area contributed by atoms with Gasteiger partial charge in [-0.1, -0.05) is 48.5 Å². The predicted octanol–water partition coefficient (Wildman–Crippen LogP) is 4.87. The van der Waals surface area contributed by atoms with Gasteiger partial charge in [0.1, 0.15) is 11.8 Å². The third kappa shape index (κ3) is 6.77. The van der Waals surface area contributed by atoms with Crippen molar-refractivity contribution in [1.82, 2.24) is 20.0 Å². The predicted molar refractivity (Wildman–Crippen MR) is 218 cm³/mol. The minimum atomic E-state index is -1.00. The molecule has 3 atom stereocenters. The van der Waals surface area contributed by atoms with Gasteiger partial charge in [0.15, 0.2) is 0 Å². The van der Waals surface area contributed by atoms with Crippen LogP contribution in [0.5, 0.6) is 5.75 Å². The summed E-state index contributed by atoms with van der Waals surface area (Å²) in [6.45, 7) is 4.38. The number of benzene rings is 4. The summed E-state index contributed by atoms with van der Waals surface area (Å²) in [7, 11) is 0. The van der Waals surface area contributed by atoms with Crippen molar-refractivity contribution >= 4 is 35.2 Å². The quantitative estimate of drug-likeness (QED) is 0.262. The number of phenols is 1. The SMILES string of the molecule is O=C1CCC(N2C(=O)c3cc4c(cc3C2=O)CN(CC(=O)N2CCOC3(CCN(c5ccc([C@@H]6c7ccc(O)cc7CC[C@@H]6c6ccccc6)cc5)CC3)C2)C4)C(=O)N1. The Bertz CT molecular complexity index is 2330. The van der Waals surface area contributed by atoms with Crippen LogP contribution in [0.3, 0.4) is 0 Å². The molecule has 6 aliphatic rings. The van der Waals surface area contributed by atoms with Gasteiger partial charge in [-0.15, -0.1) is 0 Å². The third-order valence-electron chi connectivity index (χ3n) is 13.6. The molecule has 1 spiro atoms. The number of morpholine rings is 1. The summed E-state index contributed by atoms with van der Waals surface area (Å²) in [6, 6.07) is 28.1. The number of anilines is 1. The molecule has 12 heteroatoms. The van der Waals surface area contributed by atoms with Crippen molar-refractivity contribution in [2.24, 2.45) is 0 Å². The number of nitrogens with one attached hydrogen (secondary N) is 1. The second-order valence-corrected chi connectivity index (χ2v) is 17.1. The molecule has 12 nitrogen and oxygen atoms in total. The Morgan fingerprint density at radius 3 is 2.19 bits per heavy atom. The first-order valence-electron chi connectivity index (χ1n) is 20.9. The number of aromatic hydroxyl groups is 1. The van der Waals surface area contributed by atoms with Gasteiger partial charge in [-0.25, -0.2) is 0 Å². The van der Waals surface area contributed by atoms with Crippen LogP contribution in [-0.4, -0.2) is 100 Å². The number of carbonyl (C=O) groups is 5.